The van der Waals surface area contributed by atoms with Gasteiger partial charge in [-0.1, -0.05) is 36.4 Å². The van der Waals surface area contributed by atoms with Gasteiger partial charge < -0.3 is 4.74 Å². The number of pyridine rings is 1. The van der Waals surface area contributed by atoms with Crippen LogP contribution in [0.15, 0.2) is 71.9 Å². The lowest BCUT2D eigenvalue weighted by molar-refractivity contribution is 0.396. The third-order valence-electron chi connectivity index (χ3n) is 5.47. The second-order valence-corrected chi connectivity index (χ2v) is 9.10. The van der Waals surface area contributed by atoms with Gasteiger partial charge in [-0.3, -0.25) is 4.98 Å². The Labute approximate surface area is 172 Å². The summed E-state index contributed by atoms with van der Waals surface area (Å²) in [5.41, 5.74) is 3.70. The van der Waals surface area contributed by atoms with Crippen molar-refractivity contribution in [3.63, 3.8) is 0 Å². The number of benzene rings is 2. The van der Waals surface area contributed by atoms with Crippen molar-refractivity contribution < 1.29 is 13.2 Å². The van der Waals surface area contributed by atoms with Crippen molar-refractivity contribution in [2.45, 2.75) is 30.7 Å². The maximum absolute atomic E-state index is 13.4. The lowest BCUT2D eigenvalue weighted by Crippen LogP contribution is -2.31. The number of sulfonamides is 1. The summed E-state index contributed by atoms with van der Waals surface area (Å²) in [5.74, 6) is 0.695. The number of ether oxygens (including phenoxy) is 1. The summed E-state index contributed by atoms with van der Waals surface area (Å²) < 4.78 is 33.9. The molecular weight excluding hydrogens is 384 g/mol. The van der Waals surface area contributed by atoms with Crippen molar-refractivity contribution in [1.29, 1.82) is 0 Å². The van der Waals surface area contributed by atoms with Crippen molar-refractivity contribution in [3.05, 3.63) is 78.1 Å². The number of rotatable bonds is 5. The van der Waals surface area contributed by atoms with Crippen molar-refractivity contribution in [2.75, 3.05) is 13.7 Å². The van der Waals surface area contributed by atoms with Gasteiger partial charge in [-0.2, -0.15) is 4.31 Å². The van der Waals surface area contributed by atoms with Crippen LogP contribution in [-0.4, -0.2) is 31.4 Å². The first-order valence-corrected chi connectivity index (χ1v) is 11.1. The van der Waals surface area contributed by atoms with Crippen LogP contribution in [0.1, 0.15) is 30.0 Å². The van der Waals surface area contributed by atoms with Crippen molar-refractivity contribution in [1.82, 2.24) is 9.29 Å². The van der Waals surface area contributed by atoms with E-state index in [1.54, 1.807) is 35.9 Å². The van der Waals surface area contributed by atoms with E-state index in [1.165, 1.54) is 0 Å². The highest BCUT2D eigenvalue weighted by Gasteiger charge is 2.36. The average Bonchev–Trinajstić information content (AvgIpc) is 3.25. The van der Waals surface area contributed by atoms with Gasteiger partial charge in [0.05, 0.1) is 24.2 Å². The van der Waals surface area contributed by atoms with Crippen molar-refractivity contribution >= 4 is 10.0 Å². The summed E-state index contributed by atoms with van der Waals surface area (Å²) in [4.78, 5) is 4.50. The van der Waals surface area contributed by atoms with E-state index >= 15 is 0 Å². The zero-order chi connectivity index (χ0) is 20.4. The van der Waals surface area contributed by atoms with Crippen LogP contribution in [-0.2, 0) is 10.0 Å². The highest BCUT2D eigenvalue weighted by molar-refractivity contribution is 7.89. The molecule has 0 amide bonds. The minimum Gasteiger partial charge on any atom is -0.494 e. The fourth-order valence-corrected chi connectivity index (χ4v) is 5.94. The molecule has 2 heterocycles. The molecule has 0 saturated carbocycles. The molecule has 1 atom stereocenters. The second-order valence-electron chi connectivity index (χ2n) is 7.24. The number of nitrogens with zero attached hydrogens (tertiary/aromatic N) is 2. The van der Waals surface area contributed by atoms with Crippen molar-refractivity contribution in [3.8, 4) is 16.9 Å². The molecule has 3 aromatic rings. The first kappa shape index (κ1) is 19.6. The summed E-state index contributed by atoms with van der Waals surface area (Å²) in [7, 11) is -1.94. The normalized spacial score (nSPS) is 17.4. The molecule has 0 radical (unpaired) electrons. The quantitative estimate of drug-likeness (QED) is 0.619. The van der Waals surface area contributed by atoms with Crippen molar-refractivity contribution in [2.24, 2.45) is 0 Å². The minimum atomic E-state index is -3.56. The van der Waals surface area contributed by atoms with Gasteiger partial charge in [0.15, 0.2) is 0 Å². The smallest absolute Gasteiger partial charge is 0.243 e. The number of aryl methyl sites for hydroxylation is 1. The molecule has 2 aromatic carbocycles. The molecular formula is C23H24N2O3S. The van der Waals surface area contributed by atoms with E-state index in [0.29, 0.717) is 17.2 Å². The molecule has 1 aliphatic rings. The molecule has 5 nitrogen and oxygen atoms in total. The maximum Gasteiger partial charge on any atom is 0.243 e. The predicted molar refractivity (Wildman–Crippen MR) is 113 cm³/mol. The molecule has 1 aromatic heterocycles. The number of hydrogen-bond acceptors (Lipinski definition) is 4. The summed E-state index contributed by atoms with van der Waals surface area (Å²) in [6, 6.07) is 17.0. The Morgan fingerprint density at radius 2 is 1.93 bits per heavy atom. The van der Waals surface area contributed by atoms with Gasteiger partial charge in [0.2, 0.25) is 10.0 Å². The molecule has 0 aliphatic carbocycles. The summed E-state index contributed by atoms with van der Waals surface area (Å²) in [6.07, 6.45) is 5.07. The standard InChI is InChI=1S/C23H24N2O3S/c1-17-7-3-4-11-23(17)29(26,27)25-14-6-10-21(25)19-9-5-8-18(15-19)20-12-13-24-16-22(20)28-2/h3-5,7-9,11-13,15-16,21H,6,10,14H2,1-2H3. The first-order valence-electron chi connectivity index (χ1n) is 9.68. The molecule has 0 spiro atoms. The van der Waals surface area contributed by atoms with Gasteiger partial charge >= 0.3 is 0 Å². The van der Waals surface area contributed by atoms with Crippen LogP contribution < -0.4 is 4.74 Å². The van der Waals surface area contributed by atoms with Crippen LogP contribution in [0.3, 0.4) is 0 Å². The van der Waals surface area contributed by atoms with E-state index in [1.807, 2.05) is 43.3 Å². The average molecular weight is 409 g/mol. The van der Waals surface area contributed by atoms with Crippen LogP contribution in [0.4, 0.5) is 0 Å². The molecule has 1 aliphatic heterocycles. The van der Waals surface area contributed by atoms with Crippen LogP contribution >= 0.6 is 0 Å². The molecule has 6 heteroatoms. The molecule has 4 rings (SSSR count). The summed E-state index contributed by atoms with van der Waals surface area (Å²) in [5, 5.41) is 0. The number of hydrogen-bond donors (Lipinski definition) is 0. The Hall–Kier alpha value is -2.70. The van der Waals surface area contributed by atoms with E-state index < -0.39 is 10.0 Å². The Balaban J connectivity index is 1.73. The lowest BCUT2D eigenvalue weighted by atomic mass is 9.99. The van der Waals surface area contributed by atoms with Gasteiger partial charge in [-0.05, 0) is 54.7 Å². The van der Waals surface area contributed by atoms with Crippen LogP contribution in [0.5, 0.6) is 5.75 Å². The first-order chi connectivity index (χ1) is 14.0. The Morgan fingerprint density at radius 1 is 1.10 bits per heavy atom. The second kappa shape index (κ2) is 7.97. The van der Waals surface area contributed by atoms with E-state index in [4.69, 9.17) is 4.74 Å². The van der Waals surface area contributed by atoms with Crippen LogP contribution in [0.25, 0.3) is 11.1 Å². The third kappa shape index (κ3) is 3.66. The van der Waals surface area contributed by atoms with Crippen LogP contribution in [0, 0.1) is 6.92 Å². The van der Waals surface area contributed by atoms with E-state index in [0.717, 1.165) is 35.1 Å². The molecule has 150 valence electrons. The fraction of sp³-hybridized carbons (Fsp3) is 0.261. The van der Waals surface area contributed by atoms with E-state index in [2.05, 4.69) is 11.1 Å². The zero-order valence-corrected chi connectivity index (χ0v) is 17.4. The molecule has 0 bridgehead atoms. The van der Waals surface area contributed by atoms with Gasteiger partial charge in [0.1, 0.15) is 5.75 Å². The monoisotopic (exact) mass is 408 g/mol. The van der Waals surface area contributed by atoms with Crippen LogP contribution in [0.2, 0.25) is 0 Å². The SMILES string of the molecule is COc1cnccc1-c1cccc(C2CCCN2S(=O)(=O)c2ccccc2C)c1. The fourth-order valence-electron chi connectivity index (χ4n) is 4.03. The molecule has 1 fully saturated rings. The third-order valence-corrected chi connectivity index (χ3v) is 7.54. The lowest BCUT2D eigenvalue weighted by Gasteiger charge is -2.25. The van der Waals surface area contributed by atoms with E-state index in [9.17, 15) is 8.42 Å². The Morgan fingerprint density at radius 3 is 2.72 bits per heavy atom. The summed E-state index contributed by atoms with van der Waals surface area (Å²) in [6.45, 7) is 2.37. The molecule has 1 unspecified atom stereocenters. The molecule has 0 N–H and O–H groups in total. The topological polar surface area (TPSA) is 59.5 Å². The Bertz CT molecular complexity index is 1130. The minimum absolute atomic E-state index is 0.174. The maximum atomic E-state index is 13.4. The largest absolute Gasteiger partial charge is 0.494 e. The highest BCUT2D eigenvalue weighted by Crippen LogP contribution is 2.39. The molecule has 29 heavy (non-hydrogen) atoms. The van der Waals surface area contributed by atoms with Gasteiger partial charge in [0.25, 0.3) is 0 Å². The van der Waals surface area contributed by atoms with Gasteiger partial charge in [-0.25, -0.2) is 8.42 Å². The van der Waals surface area contributed by atoms with Gasteiger partial charge in [-0.15, -0.1) is 0 Å². The van der Waals surface area contributed by atoms with E-state index in [-0.39, 0.29) is 6.04 Å². The Kier molecular flexibility index (Phi) is 5.39. The van der Waals surface area contributed by atoms with Gasteiger partial charge in [0, 0.05) is 18.3 Å². The number of methoxy groups -OCH3 is 1. The zero-order valence-electron chi connectivity index (χ0n) is 16.6. The summed E-state index contributed by atoms with van der Waals surface area (Å²) >= 11 is 0. The highest BCUT2D eigenvalue weighted by atomic mass is 32.2. The number of aromatic nitrogens is 1. The molecule has 1 saturated heterocycles. The predicted octanol–water partition coefficient (Wildman–Crippen LogP) is 4.59.